The molecule has 1 unspecified atom stereocenters. The highest BCUT2D eigenvalue weighted by Gasteiger charge is 2.03. The molecular formula is C10H11N3O. The smallest absolute Gasteiger partial charge is 0.155 e. The fraction of sp³-hybridized carbons (Fsp3) is 0.300. The van der Waals surface area contributed by atoms with Crippen LogP contribution >= 0.6 is 0 Å². The molecule has 4 nitrogen and oxygen atoms in total. The molecule has 0 aliphatic carbocycles. The second kappa shape index (κ2) is 3.57. The first-order valence-electron chi connectivity index (χ1n) is 4.53. The van der Waals surface area contributed by atoms with E-state index in [1.54, 1.807) is 4.52 Å². The topological polar surface area (TPSA) is 47.3 Å². The Kier molecular flexibility index (Phi) is 2.26. The molecule has 0 fully saturated rings. The van der Waals surface area contributed by atoms with Gasteiger partial charge in [0.15, 0.2) is 5.65 Å². The van der Waals surface area contributed by atoms with E-state index in [4.69, 9.17) is 0 Å². The van der Waals surface area contributed by atoms with Crippen molar-refractivity contribution in [2.24, 2.45) is 5.92 Å². The molecule has 2 rings (SSSR count). The van der Waals surface area contributed by atoms with Gasteiger partial charge in [0.05, 0.1) is 0 Å². The predicted molar refractivity (Wildman–Crippen MR) is 51.9 cm³/mol. The minimum atomic E-state index is 0.0518. The van der Waals surface area contributed by atoms with Gasteiger partial charge in [-0.3, -0.25) is 0 Å². The van der Waals surface area contributed by atoms with E-state index in [0.717, 1.165) is 23.9 Å². The van der Waals surface area contributed by atoms with Crippen molar-refractivity contribution in [1.82, 2.24) is 14.6 Å². The normalized spacial score (nSPS) is 12.9. The van der Waals surface area contributed by atoms with Crippen molar-refractivity contribution < 1.29 is 4.79 Å². The van der Waals surface area contributed by atoms with Crippen LogP contribution in [0.1, 0.15) is 12.5 Å². The molecule has 0 aliphatic heterocycles. The van der Waals surface area contributed by atoms with E-state index in [1.807, 2.05) is 25.3 Å². The van der Waals surface area contributed by atoms with Crippen molar-refractivity contribution in [3.8, 4) is 0 Å². The molecule has 0 amide bonds. The summed E-state index contributed by atoms with van der Waals surface area (Å²) in [5, 5.41) is 4.03. The molecule has 2 heterocycles. The lowest BCUT2D eigenvalue weighted by molar-refractivity contribution is -0.110. The van der Waals surface area contributed by atoms with Crippen LogP contribution in [0, 0.1) is 5.92 Å². The van der Waals surface area contributed by atoms with Crippen LogP contribution in [-0.2, 0) is 11.2 Å². The summed E-state index contributed by atoms with van der Waals surface area (Å²) >= 11 is 0. The number of hydrogen-bond donors (Lipinski definition) is 0. The van der Waals surface area contributed by atoms with Crippen LogP contribution in [0.3, 0.4) is 0 Å². The first kappa shape index (κ1) is 8.87. The van der Waals surface area contributed by atoms with Gasteiger partial charge in [-0.05, 0) is 18.1 Å². The summed E-state index contributed by atoms with van der Waals surface area (Å²) in [7, 11) is 0. The maximum Gasteiger partial charge on any atom is 0.155 e. The van der Waals surface area contributed by atoms with Gasteiger partial charge in [-0.15, -0.1) is 0 Å². The van der Waals surface area contributed by atoms with Crippen LogP contribution in [0.15, 0.2) is 24.7 Å². The summed E-state index contributed by atoms with van der Waals surface area (Å²) in [5.74, 6) is 0.0518. The molecule has 1 atom stereocenters. The maximum absolute atomic E-state index is 10.5. The summed E-state index contributed by atoms with van der Waals surface area (Å²) in [4.78, 5) is 14.5. The van der Waals surface area contributed by atoms with Crippen LogP contribution in [0.25, 0.3) is 5.65 Å². The van der Waals surface area contributed by atoms with Crippen molar-refractivity contribution in [1.29, 1.82) is 0 Å². The summed E-state index contributed by atoms with van der Waals surface area (Å²) < 4.78 is 1.72. The van der Waals surface area contributed by atoms with Crippen molar-refractivity contribution in [2.45, 2.75) is 13.3 Å². The summed E-state index contributed by atoms with van der Waals surface area (Å²) in [6, 6.07) is 3.88. The Balaban J connectivity index is 2.29. The minimum Gasteiger partial charge on any atom is -0.303 e. The molecule has 0 aromatic carbocycles. The summed E-state index contributed by atoms with van der Waals surface area (Å²) in [6.45, 7) is 1.90. The molecule has 0 N–H and O–H groups in total. The van der Waals surface area contributed by atoms with E-state index in [9.17, 15) is 4.79 Å². The second-order valence-corrected chi connectivity index (χ2v) is 3.42. The molecule has 0 aliphatic rings. The van der Waals surface area contributed by atoms with E-state index < -0.39 is 0 Å². The molecule has 0 bridgehead atoms. The van der Waals surface area contributed by atoms with E-state index in [-0.39, 0.29) is 5.92 Å². The Morgan fingerprint density at radius 3 is 3.21 bits per heavy atom. The van der Waals surface area contributed by atoms with Crippen molar-refractivity contribution >= 4 is 11.9 Å². The first-order chi connectivity index (χ1) is 6.79. The summed E-state index contributed by atoms with van der Waals surface area (Å²) in [5.41, 5.74) is 1.93. The molecule has 72 valence electrons. The van der Waals surface area contributed by atoms with Crippen molar-refractivity contribution in [3.05, 3.63) is 30.2 Å². The fourth-order valence-electron chi connectivity index (χ4n) is 1.40. The number of rotatable bonds is 3. The minimum absolute atomic E-state index is 0.0518. The Morgan fingerprint density at radius 1 is 1.57 bits per heavy atom. The number of hydrogen-bond acceptors (Lipinski definition) is 3. The standard InChI is InChI=1S/C10H11N3O/c1-8(6-14)4-9-2-3-10-11-7-12-13(10)5-9/h2-3,5-8H,4H2,1H3. The largest absolute Gasteiger partial charge is 0.303 e. The third kappa shape index (κ3) is 1.64. The lowest BCUT2D eigenvalue weighted by Gasteiger charge is -2.03. The molecule has 2 aromatic rings. The molecule has 2 aromatic heterocycles. The molecule has 0 saturated carbocycles. The first-order valence-corrected chi connectivity index (χ1v) is 4.53. The third-order valence-corrected chi connectivity index (χ3v) is 2.13. The number of nitrogens with zero attached hydrogens (tertiary/aromatic N) is 3. The van der Waals surface area contributed by atoms with Crippen LogP contribution in [0.2, 0.25) is 0 Å². The number of pyridine rings is 1. The van der Waals surface area contributed by atoms with E-state index >= 15 is 0 Å². The van der Waals surface area contributed by atoms with Crippen molar-refractivity contribution in [2.75, 3.05) is 0 Å². The van der Waals surface area contributed by atoms with Crippen LogP contribution in [0.5, 0.6) is 0 Å². The van der Waals surface area contributed by atoms with Gasteiger partial charge in [-0.2, -0.15) is 5.10 Å². The highest BCUT2D eigenvalue weighted by Crippen LogP contribution is 2.07. The van der Waals surface area contributed by atoms with Gasteiger partial charge in [0.2, 0.25) is 0 Å². The Bertz CT molecular complexity index is 449. The zero-order chi connectivity index (χ0) is 9.97. The molecule has 14 heavy (non-hydrogen) atoms. The SMILES string of the molecule is CC(C=O)Cc1ccc2ncnn2c1. The van der Waals surface area contributed by atoms with Crippen LogP contribution in [-0.4, -0.2) is 20.9 Å². The van der Waals surface area contributed by atoms with Gasteiger partial charge in [-0.25, -0.2) is 9.50 Å². The average molecular weight is 189 g/mol. The number of carbonyl (C=O) groups is 1. The lowest BCUT2D eigenvalue weighted by Crippen LogP contribution is -2.02. The Morgan fingerprint density at radius 2 is 2.43 bits per heavy atom. The van der Waals surface area contributed by atoms with Gasteiger partial charge >= 0.3 is 0 Å². The number of carbonyl (C=O) groups excluding carboxylic acids is 1. The maximum atomic E-state index is 10.5. The fourth-order valence-corrected chi connectivity index (χ4v) is 1.40. The van der Waals surface area contributed by atoms with Gasteiger partial charge in [0, 0.05) is 12.1 Å². The third-order valence-electron chi connectivity index (χ3n) is 2.13. The van der Waals surface area contributed by atoms with E-state index in [2.05, 4.69) is 10.1 Å². The zero-order valence-corrected chi connectivity index (χ0v) is 7.92. The van der Waals surface area contributed by atoms with Gasteiger partial charge in [-0.1, -0.05) is 13.0 Å². The monoisotopic (exact) mass is 189 g/mol. The predicted octanol–water partition coefficient (Wildman–Crippen LogP) is 1.11. The molecule has 4 heteroatoms. The Labute approximate surface area is 81.6 Å². The quantitative estimate of drug-likeness (QED) is 0.679. The zero-order valence-electron chi connectivity index (χ0n) is 7.92. The number of fused-ring (bicyclic) bond motifs is 1. The molecule has 0 radical (unpaired) electrons. The lowest BCUT2D eigenvalue weighted by atomic mass is 10.0. The Hall–Kier alpha value is -1.71. The van der Waals surface area contributed by atoms with E-state index in [0.29, 0.717) is 0 Å². The second-order valence-electron chi connectivity index (χ2n) is 3.42. The van der Waals surface area contributed by atoms with Crippen LogP contribution < -0.4 is 0 Å². The van der Waals surface area contributed by atoms with E-state index in [1.165, 1.54) is 6.33 Å². The van der Waals surface area contributed by atoms with Gasteiger partial charge in [0.25, 0.3) is 0 Å². The number of aldehydes is 1. The van der Waals surface area contributed by atoms with Gasteiger partial charge < -0.3 is 4.79 Å². The molecule has 0 spiro atoms. The van der Waals surface area contributed by atoms with Gasteiger partial charge in [0.1, 0.15) is 12.6 Å². The average Bonchev–Trinajstić information content (AvgIpc) is 2.64. The molecule has 0 saturated heterocycles. The highest BCUT2D eigenvalue weighted by molar-refractivity contribution is 5.53. The van der Waals surface area contributed by atoms with Crippen LogP contribution in [0.4, 0.5) is 0 Å². The number of aromatic nitrogens is 3. The molecular weight excluding hydrogens is 178 g/mol. The van der Waals surface area contributed by atoms with Crippen molar-refractivity contribution in [3.63, 3.8) is 0 Å². The summed E-state index contributed by atoms with van der Waals surface area (Å²) in [6.07, 6.45) is 5.13. The highest BCUT2D eigenvalue weighted by atomic mass is 16.1.